The molecule has 0 aliphatic carbocycles. The van der Waals surface area contributed by atoms with Gasteiger partial charge in [0.1, 0.15) is 5.15 Å². The van der Waals surface area contributed by atoms with E-state index < -0.39 is 0 Å². The maximum atomic E-state index is 6.18. The molecule has 0 unspecified atom stereocenters. The molecular weight excluding hydrogens is 280 g/mol. The van der Waals surface area contributed by atoms with Gasteiger partial charge in [-0.25, -0.2) is 4.98 Å². The fraction of sp³-hybridized carbons (Fsp3) is 0. The molecule has 0 N–H and O–H groups in total. The summed E-state index contributed by atoms with van der Waals surface area (Å²) < 4.78 is 0. The molecule has 100 valence electrons. The molecule has 0 radical (unpaired) electrons. The highest BCUT2D eigenvalue weighted by Gasteiger charge is 2.07. The van der Waals surface area contributed by atoms with E-state index in [-0.39, 0.29) is 0 Å². The first-order valence-corrected chi connectivity index (χ1v) is 7.09. The molecule has 0 fully saturated rings. The quantitative estimate of drug-likeness (QED) is 0.456. The van der Waals surface area contributed by atoms with Crippen molar-refractivity contribution in [1.82, 2.24) is 9.97 Å². The maximum absolute atomic E-state index is 6.18. The van der Waals surface area contributed by atoms with Crippen LogP contribution in [0.25, 0.3) is 32.8 Å². The number of hydrogen-bond donors (Lipinski definition) is 0. The van der Waals surface area contributed by atoms with Gasteiger partial charge in [-0.05, 0) is 29.1 Å². The van der Waals surface area contributed by atoms with Crippen molar-refractivity contribution in [3.8, 4) is 11.1 Å². The standard InChI is InChI=1S/C18H11ClN2/c19-18-16-6-3-5-14(15(16)8-9-20-18)13-10-12-4-1-2-7-17(12)21-11-13/h1-11H. The summed E-state index contributed by atoms with van der Waals surface area (Å²) in [5.41, 5.74) is 3.21. The van der Waals surface area contributed by atoms with Crippen LogP contribution < -0.4 is 0 Å². The number of fused-ring (bicyclic) bond motifs is 2. The molecule has 0 aliphatic heterocycles. The van der Waals surface area contributed by atoms with Crippen molar-refractivity contribution >= 4 is 33.3 Å². The number of halogens is 1. The van der Waals surface area contributed by atoms with Gasteiger partial charge in [-0.15, -0.1) is 0 Å². The van der Waals surface area contributed by atoms with E-state index in [1.54, 1.807) is 6.20 Å². The minimum atomic E-state index is 0.531. The second-order valence-electron chi connectivity index (χ2n) is 4.92. The molecule has 2 aromatic carbocycles. The van der Waals surface area contributed by atoms with Crippen LogP contribution in [-0.4, -0.2) is 9.97 Å². The summed E-state index contributed by atoms with van der Waals surface area (Å²) in [7, 11) is 0. The Kier molecular flexibility index (Phi) is 2.83. The minimum Gasteiger partial charge on any atom is -0.256 e. The molecule has 0 aliphatic rings. The van der Waals surface area contributed by atoms with Crippen LogP contribution in [0.1, 0.15) is 0 Å². The van der Waals surface area contributed by atoms with Gasteiger partial charge in [0.2, 0.25) is 0 Å². The zero-order valence-electron chi connectivity index (χ0n) is 11.1. The Morgan fingerprint density at radius 2 is 1.71 bits per heavy atom. The highest BCUT2D eigenvalue weighted by molar-refractivity contribution is 6.34. The van der Waals surface area contributed by atoms with Gasteiger partial charge in [0.05, 0.1) is 5.52 Å². The number of benzene rings is 2. The number of pyridine rings is 2. The van der Waals surface area contributed by atoms with Crippen molar-refractivity contribution in [2.75, 3.05) is 0 Å². The lowest BCUT2D eigenvalue weighted by Crippen LogP contribution is -1.86. The molecule has 2 heterocycles. The fourth-order valence-electron chi connectivity index (χ4n) is 2.64. The van der Waals surface area contributed by atoms with Crippen LogP contribution in [0, 0.1) is 0 Å². The first kappa shape index (κ1) is 12.3. The smallest absolute Gasteiger partial charge is 0.136 e. The normalized spacial score (nSPS) is 11.1. The molecule has 0 spiro atoms. The molecular formula is C18H11ClN2. The predicted molar refractivity (Wildman–Crippen MR) is 87.5 cm³/mol. The van der Waals surface area contributed by atoms with Crippen LogP contribution in [0.3, 0.4) is 0 Å². The monoisotopic (exact) mass is 290 g/mol. The first-order valence-electron chi connectivity index (χ1n) is 6.71. The fourth-order valence-corrected chi connectivity index (χ4v) is 2.86. The number of aromatic nitrogens is 2. The van der Waals surface area contributed by atoms with Crippen molar-refractivity contribution in [3.63, 3.8) is 0 Å². The average molecular weight is 291 g/mol. The first-order chi connectivity index (χ1) is 10.3. The van der Waals surface area contributed by atoms with Crippen LogP contribution in [-0.2, 0) is 0 Å². The van der Waals surface area contributed by atoms with Gasteiger partial charge in [-0.3, -0.25) is 4.98 Å². The van der Waals surface area contributed by atoms with Crippen molar-refractivity contribution in [3.05, 3.63) is 72.1 Å². The number of hydrogen-bond acceptors (Lipinski definition) is 2. The van der Waals surface area contributed by atoms with E-state index >= 15 is 0 Å². The maximum Gasteiger partial charge on any atom is 0.136 e. The van der Waals surface area contributed by atoms with Gasteiger partial charge in [-0.2, -0.15) is 0 Å². The lowest BCUT2D eigenvalue weighted by molar-refractivity contribution is 1.36. The number of para-hydroxylation sites is 1. The van der Waals surface area contributed by atoms with E-state index in [9.17, 15) is 0 Å². The lowest BCUT2D eigenvalue weighted by atomic mass is 10.00. The molecule has 0 bridgehead atoms. The summed E-state index contributed by atoms with van der Waals surface area (Å²) >= 11 is 6.18. The molecule has 0 amide bonds. The van der Waals surface area contributed by atoms with Gasteiger partial charge in [0.25, 0.3) is 0 Å². The summed E-state index contributed by atoms with van der Waals surface area (Å²) in [5.74, 6) is 0. The Bertz CT molecular complexity index is 963. The van der Waals surface area contributed by atoms with E-state index in [2.05, 4.69) is 28.2 Å². The van der Waals surface area contributed by atoms with Crippen LogP contribution in [0.5, 0.6) is 0 Å². The third-order valence-electron chi connectivity index (χ3n) is 3.66. The zero-order chi connectivity index (χ0) is 14.2. The molecule has 0 saturated heterocycles. The van der Waals surface area contributed by atoms with Gasteiger partial charge < -0.3 is 0 Å². The Labute approximate surface area is 127 Å². The van der Waals surface area contributed by atoms with E-state index in [1.807, 2.05) is 42.6 Å². The molecule has 2 nitrogen and oxygen atoms in total. The highest BCUT2D eigenvalue weighted by atomic mass is 35.5. The third-order valence-corrected chi connectivity index (χ3v) is 3.96. The minimum absolute atomic E-state index is 0.531. The number of rotatable bonds is 1. The van der Waals surface area contributed by atoms with E-state index in [0.717, 1.165) is 32.8 Å². The third kappa shape index (κ3) is 2.05. The molecule has 3 heteroatoms. The molecule has 4 aromatic rings. The van der Waals surface area contributed by atoms with Crippen LogP contribution in [0.4, 0.5) is 0 Å². The summed E-state index contributed by atoms with van der Waals surface area (Å²) in [5, 5.41) is 3.72. The van der Waals surface area contributed by atoms with Crippen LogP contribution in [0.15, 0.2) is 67.0 Å². The summed E-state index contributed by atoms with van der Waals surface area (Å²) in [6.45, 7) is 0. The average Bonchev–Trinajstić information content (AvgIpc) is 2.54. The molecule has 21 heavy (non-hydrogen) atoms. The molecule has 0 saturated carbocycles. The van der Waals surface area contributed by atoms with Gasteiger partial charge in [0.15, 0.2) is 0 Å². The Morgan fingerprint density at radius 3 is 2.67 bits per heavy atom. The second-order valence-corrected chi connectivity index (χ2v) is 5.28. The van der Waals surface area contributed by atoms with Gasteiger partial charge in [0, 0.05) is 28.7 Å². The topological polar surface area (TPSA) is 25.8 Å². The second kappa shape index (κ2) is 4.83. The largest absolute Gasteiger partial charge is 0.256 e. The van der Waals surface area contributed by atoms with E-state index in [1.165, 1.54) is 0 Å². The van der Waals surface area contributed by atoms with Crippen molar-refractivity contribution in [2.24, 2.45) is 0 Å². The molecule has 2 aromatic heterocycles. The van der Waals surface area contributed by atoms with Crippen molar-refractivity contribution in [1.29, 1.82) is 0 Å². The molecule has 4 rings (SSSR count). The van der Waals surface area contributed by atoms with Gasteiger partial charge >= 0.3 is 0 Å². The van der Waals surface area contributed by atoms with Crippen LogP contribution in [0.2, 0.25) is 5.15 Å². The number of nitrogens with zero attached hydrogens (tertiary/aromatic N) is 2. The Hall–Kier alpha value is -2.45. The Morgan fingerprint density at radius 1 is 0.810 bits per heavy atom. The Balaban J connectivity index is 2.02. The van der Waals surface area contributed by atoms with Gasteiger partial charge in [-0.1, -0.05) is 48.0 Å². The predicted octanol–water partition coefficient (Wildman–Crippen LogP) is 5.10. The molecule has 0 atom stereocenters. The van der Waals surface area contributed by atoms with Crippen LogP contribution >= 0.6 is 11.6 Å². The SMILES string of the molecule is Clc1nccc2c(-c3cnc4ccccc4c3)cccc12. The summed E-state index contributed by atoms with van der Waals surface area (Å²) in [6, 6.07) is 18.3. The van der Waals surface area contributed by atoms with Crippen molar-refractivity contribution in [2.45, 2.75) is 0 Å². The zero-order valence-corrected chi connectivity index (χ0v) is 11.9. The summed E-state index contributed by atoms with van der Waals surface area (Å²) in [4.78, 5) is 8.68. The lowest BCUT2D eigenvalue weighted by Gasteiger charge is -2.08. The van der Waals surface area contributed by atoms with E-state index in [4.69, 9.17) is 11.6 Å². The van der Waals surface area contributed by atoms with Crippen molar-refractivity contribution < 1.29 is 0 Å². The highest BCUT2D eigenvalue weighted by Crippen LogP contribution is 2.31. The van der Waals surface area contributed by atoms with E-state index in [0.29, 0.717) is 5.15 Å². The summed E-state index contributed by atoms with van der Waals surface area (Å²) in [6.07, 6.45) is 3.65.